The highest BCUT2D eigenvalue weighted by molar-refractivity contribution is 5.76. The lowest BCUT2D eigenvalue weighted by atomic mass is 10.1. The summed E-state index contributed by atoms with van der Waals surface area (Å²) in [4.78, 5) is 17.7. The highest BCUT2D eigenvalue weighted by atomic mass is 16.2. The molecule has 1 aliphatic carbocycles. The lowest BCUT2D eigenvalue weighted by Gasteiger charge is -2.19. The molecule has 0 saturated heterocycles. The van der Waals surface area contributed by atoms with E-state index in [2.05, 4.69) is 4.98 Å². The van der Waals surface area contributed by atoms with E-state index in [0.717, 1.165) is 13.0 Å². The van der Waals surface area contributed by atoms with Crippen LogP contribution >= 0.6 is 0 Å². The molecule has 18 heavy (non-hydrogen) atoms. The maximum absolute atomic E-state index is 11.9. The van der Waals surface area contributed by atoms with Crippen LogP contribution in [0.15, 0.2) is 24.5 Å². The summed E-state index contributed by atoms with van der Waals surface area (Å²) in [6.07, 6.45) is 7.28. The first kappa shape index (κ1) is 13.0. The molecule has 4 nitrogen and oxygen atoms in total. The molecule has 1 aromatic heterocycles. The van der Waals surface area contributed by atoms with Gasteiger partial charge in [-0.15, -0.1) is 0 Å². The minimum atomic E-state index is 0.0564. The molecule has 2 N–H and O–H groups in total. The van der Waals surface area contributed by atoms with Crippen molar-refractivity contribution in [2.45, 2.75) is 31.7 Å². The van der Waals surface area contributed by atoms with E-state index >= 15 is 0 Å². The predicted octanol–water partition coefficient (Wildman–Crippen LogP) is 1.21. The van der Waals surface area contributed by atoms with Gasteiger partial charge in [-0.1, -0.05) is 0 Å². The maximum atomic E-state index is 11.9. The minimum Gasteiger partial charge on any atom is -0.345 e. The number of carbonyl (C=O) groups excluding carboxylic acids is 1. The first-order valence-electron chi connectivity index (χ1n) is 6.55. The largest absolute Gasteiger partial charge is 0.345 e. The first-order valence-corrected chi connectivity index (χ1v) is 6.55. The van der Waals surface area contributed by atoms with Crippen molar-refractivity contribution in [2.24, 2.45) is 11.7 Å². The fourth-order valence-electron chi connectivity index (χ4n) is 2.02. The van der Waals surface area contributed by atoms with Gasteiger partial charge < -0.3 is 10.6 Å². The smallest absolute Gasteiger partial charge is 0.223 e. The number of hydrogen-bond donors (Lipinski definition) is 1. The van der Waals surface area contributed by atoms with E-state index in [4.69, 9.17) is 5.73 Å². The van der Waals surface area contributed by atoms with Crippen LogP contribution < -0.4 is 5.73 Å². The van der Waals surface area contributed by atoms with Crippen molar-refractivity contribution < 1.29 is 4.79 Å². The highest BCUT2D eigenvalue weighted by Gasteiger charge is 2.30. The number of amides is 1. The summed E-state index contributed by atoms with van der Waals surface area (Å²) in [5, 5.41) is 0. The summed E-state index contributed by atoms with van der Waals surface area (Å²) in [5.74, 6) is 0.742. The zero-order chi connectivity index (χ0) is 13.0. The topological polar surface area (TPSA) is 59.2 Å². The van der Waals surface area contributed by atoms with Crippen LogP contribution in [0.4, 0.5) is 0 Å². The van der Waals surface area contributed by atoms with Gasteiger partial charge in [0.2, 0.25) is 5.91 Å². The monoisotopic (exact) mass is 247 g/mol. The lowest BCUT2D eigenvalue weighted by Crippen LogP contribution is -2.35. The Morgan fingerprint density at radius 2 is 2.17 bits per heavy atom. The second-order valence-electron chi connectivity index (χ2n) is 5.13. The second kappa shape index (κ2) is 5.96. The van der Waals surface area contributed by atoms with E-state index in [1.807, 2.05) is 19.2 Å². The second-order valence-corrected chi connectivity index (χ2v) is 5.13. The van der Waals surface area contributed by atoms with Crippen molar-refractivity contribution in [2.75, 3.05) is 13.6 Å². The van der Waals surface area contributed by atoms with Crippen LogP contribution in [0.5, 0.6) is 0 Å². The molecular formula is C14H21N3O. The van der Waals surface area contributed by atoms with Crippen LogP contribution in [-0.4, -0.2) is 35.4 Å². The molecule has 0 radical (unpaired) electrons. The zero-order valence-corrected chi connectivity index (χ0v) is 10.9. The molecule has 0 aromatic carbocycles. The SMILES string of the molecule is CN(CCc1ccncc1)C(=O)CC(N)C1CC1. The maximum Gasteiger partial charge on any atom is 0.223 e. The third-order valence-electron chi connectivity index (χ3n) is 3.55. The van der Waals surface area contributed by atoms with Gasteiger partial charge in [-0.3, -0.25) is 9.78 Å². The molecule has 1 fully saturated rings. The van der Waals surface area contributed by atoms with Crippen molar-refractivity contribution in [3.63, 3.8) is 0 Å². The van der Waals surface area contributed by atoms with Gasteiger partial charge >= 0.3 is 0 Å². The van der Waals surface area contributed by atoms with Crippen LogP contribution in [-0.2, 0) is 11.2 Å². The van der Waals surface area contributed by atoms with E-state index in [0.29, 0.717) is 12.3 Å². The molecule has 98 valence electrons. The number of nitrogens with two attached hydrogens (primary N) is 1. The van der Waals surface area contributed by atoms with Gasteiger partial charge in [0.05, 0.1) is 0 Å². The lowest BCUT2D eigenvalue weighted by molar-refractivity contribution is -0.130. The van der Waals surface area contributed by atoms with Gasteiger partial charge in [-0.25, -0.2) is 0 Å². The van der Waals surface area contributed by atoms with Crippen LogP contribution in [0.2, 0.25) is 0 Å². The van der Waals surface area contributed by atoms with Gasteiger partial charge in [-0.2, -0.15) is 0 Å². The average molecular weight is 247 g/mol. The molecule has 0 aliphatic heterocycles. The zero-order valence-electron chi connectivity index (χ0n) is 10.9. The molecule has 2 rings (SSSR count). The molecule has 0 spiro atoms. The molecule has 1 heterocycles. The van der Waals surface area contributed by atoms with Gasteiger partial charge in [-0.05, 0) is 42.9 Å². The van der Waals surface area contributed by atoms with Crippen molar-refractivity contribution in [3.8, 4) is 0 Å². The van der Waals surface area contributed by atoms with Crippen molar-refractivity contribution in [3.05, 3.63) is 30.1 Å². The van der Waals surface area contributed by atoms with Crippen LogP contribution in [0.25, 0.3) is 0 Å². The first-order chi connectivity index (χ1) is 8.66. The summed E-state index contributed by atoms with van der Waals surface area (Å²) < 4.78 is 0. The van der Waals surface area contributed by atoms with Gasteiger partial charge in [0.1, 0.15) is 0 Å². The standard InChI is InChI=1S/C14H21N3O/c1-17(9-6-11-4-7-16-8-5-11)14(18)10-13(15)12-2-3-12/h4-5,7-8,12-13H,2-3,6,9-10,15H2,1H3. The summed E-state index contributed by atoms with van der Waals surface area (Å²) in [7, 11) is 1.85. The van der Waals surface area contributed by atoms with Gasteiger partial charge in [0, 0.05) is 38.4 Å². The number of rotatable bonds is 6. The quantitative estimate of drug-likeness (QED) is 0.822. The number of nitrogens with zero attached hydrogens (tertiary/aromatic N) is 2. The number of aromatic nitrogens is 1. The van der Waals surface area contributed by atoms with E-state index in [1.165, 1.54) is 18.4 Å². The van der Waals surface area contributed by atoms with Crippen LogP contribution in [0, 0.1) is 5.92 Å². The molecule has 1 aromatic rings. The fourth-order valence-corrected chi connectivity index (χ4v) is 2.02. The van der Waals surface area contributed by atoms with Gasteiger partial charge in [0.25, 0.3) is 0 Å². The van der Waals surface area contributed by atoms with E-state index in [1.54, 1.807) is 17.3 Å². The summed E-state index contributed by atoms with van der Waals surface area (Å²) in [6.45, 7) is 0.736. The van der Waals surface area contributed by atoms with Gasteiger partial charge in [0.15, 0.2) is 0 Å². The Kier molecular flexibility index (Phi) is 4.31. The van der Waals surface area contributed by atoms with Crippen LogP contribution in [0.3, 0.4) is 0 Å². The number of likely N-dealkylation sites (N-methyl/N-ethyl adjacent to an activating group) is 1. The molecule has 1 saturated carbocycles. The normalized spacial score (nSPS) is 16.3. The Hall–Kier alpha value is -1.42. The van der Waals surface area contributed by atoms with Crippen LogP contribution in [0.1, 0.15) is 24.8 Å². The predicted molar refractivity (Wildman–Crippen MR) is 70.9 cm³/mol. The molecular weight excluding hydrogens is 226 g/mol. The Balaban J connectivity index is 1.73. The Bertz CT molecular complexity index is 389. The molecule has 1 atom stereocenters. The number of pyridine rings is 1. The van der Waals surface area contributed by atoms with Crippen molar-refractivity contribution in [1.82, 2.24) is 9.88 Å². The molecule has 1 aliphatic rings. The van der Waals surface area contributed by atoms with Crippen molar-refractivity contribution in [1.29, 1.82) is 0 Å². The summed E-state index contributed by atoms with van der Waals surface area (Å²) in [6, 6.07) is 4.02. The highest BCUT2D eigenvalue weighted by Crippen LogP contribution is 2.32. The van der Waals surface area contributed by atoms with E-state index in [9.17, 15) is 4.79 Å². The molecule has 0 bridgehead atoms. The molecule has 1 amide bonds. The Labute approximate surface area is 108 Å². The third kappa shape index (κ3) is 3.81. The number of hydrogen-bond acceptors (Lipinski definition) is 3. The third-order valence-corrected chi connectivity index (χ3v) is 3.55. The fraction of sp³-hybridized carbons (Fsp3) is 0.571. The molecule has 4 heteroatoms. The van der Waals surface area contributed by atoms with E-state index in [-0.39, 0.29) is 11.9 Å². The Morgan fingerprint density at radius 1 is 1.50 bits per heavy atom. The summed E-state index contributed by atoms with van der Waals surface area (Å²) >= 11 is 0. The molecule has 1 unspecified atom stereocenters. The Morgan fingerprint density at radius 3 is 2.78 bits per heavy atom. The minimum absolute atomic E-state index is 0.0564. The number of carbonyl (C=O) groups is 1. The van der Waals surface area contributed by atoms with E-state index < -0.39 is 0 Å². The average Bonchev–Trinajstić information content (AvgIpc) is 3.21. The van der Waals surface area contributed by atoms with Crippen molar-refractivity contribution >= 4 is 5.91 Å². The summed E-state index contributed by atoms with van der Waals surface area (Å²) in [5.41, 5.74) is 7.17.